The summed E-state index contributed by atoms with van der Waals surface area (Å²) in [6.07, 6.45) is -0.218. The zero-order chi connectivity index (χ0) is 16.7. The zero-order valence-electron chi connectivity index (χ0n) is 12.5. The zero-order valence-corrected chi connectivity index (χ0v) is 12.5. The molecule has 0 aliphatic rings. The molecule has 0 heterocycles. The van der Waals surface area contributed by atoms with Crippen molar-refractivity contribution in [1.82, 2.24) is 5.01 Å². The van der Waals surface area contributed by atoms with Gasteiger partial charge in [-0.2, -0.15) is 5.01 Å². The highest BCUT2D eigenvalue weighted by Crippen LogP contribution is 2.18. The first-order valence-electron chi connectivity index (χ1n) is 6.75. The fourth-order valence-electron chi connectivity index (χ4n) is 1.93. The summed E-state index contributed by atoms with van der Waals surface area (Å²) in [5.74, 6) is -2.74. The van der Waals surface area contributed by atoms with Crippen LogP contribution in [0.15, 0.2) is 30.3 Å². The number of rotatable bonds is 5. The third-order valence-electron chi connectivity index (χ3n) is 2.81. The second-order valence-corrected chi connectivity index (χ2v) is 4.64. The molecule has 0 bridgehead atoms. The summed E-state index contributed by atoms with van der Waals surface area (Å²) < 4.78 is 0. The molecule has 1 aromatic carbocycles. The van der Waals surface area contributed by atoms with E-state index in [0.717, 1.165) is 10.0 Å². The second-order valence-electron chi connectivity index (χ2n) is 4.64. The lowest BCUT2D eigenvalue weighted by atomic mass is 10.2. The molecule has 118 valence electrons. The molecule has 0 aromatic heterocycles. The SMILES string of the molecule is CC(=O)N(C(=O)CCCC(=O)O)N(C(C)=O)c1ccccc1. The van der Waals surface area contributed by atoms with Crippen molar-refractivity contribution in [2.24, 2.45) is 0 Å². The number of aliphatic carboxylic acids is 1. The van der Waals surface area contributed by atoms with E-state index in [1.807, 2.05) is 0 Å². The van der Waals surface area contributed by atoms with Crippen LogP contribution in [0.1, 0.15) is 33.1 Å². The number of carbonyl (C=O) groups is 4. The highest BCUT2D eigenvalue weighted by molar-refractivity contribution is 6.03. The maximum Gasteiger partial charge on any atom is 0.303 e. The lowest BCUT2D eigenvalue weighted by Gasteiger charge is -2.31. The highest BCUT2D eigenvalue weighted by Gasteiger charge is 2.28. The van der Waals surface area contributed by atoms with Crippen LogP contribution in [-0.4, -0.2) is 33.8 Å². The van der Waals surface area contributed by atoms with Crippen LogP contribution in [0.2, 0.25) is 0 Å². The number of benzene rings is 1. The van der Waals surface area contributed by atoms with Crippen molar-refractivity contribution in [3.63, 3.8) is 0 Å². The molecule has 0 aliphatic heterocycles. The van der Waals surface area contributed by atoms with Gasteiger partial charge in [-0.1, -0.05) is 18.2 Å². The molecule has 1 aromatic rings. The first-order valence-corrected chi connectivity index (χ1v) is 6.75. The fraction of sp³-hybridized carbons (Fsp3) is 0.333. The van der Waals surface area contributed by atoms with E-state index in [4.69, 9.17) is 5.11 Å². The second kappa shape index (κ2) is 7.92. The molecule has 0 atom stereocenters. The molecule has 7 heteroatoms. The van der Waals surface area contributed by atoms with E-state index in [2.05, 4.69) is 0 Å². The van der Waals surface area contributed by atoms with Crippen molar-refractivity contribution in [2.75, 3.05) is 5.01 Å². The van der Waals surface area contributed by atoms with Gasteiger partial charge >= 0.3 is 5.97 Å². The van der Waals surface area contributed by atoms with Crippen LogP contribution in [-0.2, 0) is 19.2 Å². The lowest BCUT2D eigenvalue weighted by molar-refractivity contribution is -0.147. The molecule has 22 heavy (non-hydrogen) atoms. The largest absolute Gasteiger partial charge is 0.481 e. The minimum atomic E-state index is -1.02. The number of para-hydroxylation sites is 1. The molecule has 1 rings (SSSR count). The average molecular weight is 306 g/mol. The van der Waals surface area contributed by atoms with Crippen molar-refractivity contribution in [3.8, 4) is 0 Å². The van der Waals surface area contributed by atoms with E-state index in [1.54, 1.807) is 30.3 Å². The number of amides is 3. The molecule has 0 spiro atoms. The minimum Gasteiger partial charge on any atom is -0.481 e. The first kappa shape index (κ1) is 17.4. The van der Waals surface area contributed by atoms with Crippen LogP contribution in [0.3, 0.4) is 0 Å². The van der Waals surface area contributed by atoms with Gasteiger partial charge in [0.1, 0.15) is 0 Å². The monoisotopic (exact) mass is 306 g/mol. The van der Waals surface area contributed by atoms with Crippen molar-refractivity contribution >= 4 is 29.4 Å². The maximum absolute atomic E-state index is 12.2. The number of hydrogen-bond donors (Lipinski definition) is 1. The Labute approximate surface area is 128 Å². The number of imide groups is 1. The van der Waals surface area contributed by atoms with Crippen molar-refractivity contribution in [2.45, 2.75) is 33.1 Å². The number of hydrogen-bond acceptors (Lipinski definition) is 4. The van der Waals surface area contributed by atoms with Gasteiger partial charge in [-0.15, -0.1) is 0 Å². The van der Waals surface area contributed by atoms with Gasteiger partial charge < -0.3 is 5.11 Å². The average Bonchev–Trinajstić information content (AvgIpc) is 2.44. The summed E-state index contributed by atoms with van der Waals surface area (Å²) in [4.78, 5) is 46.4. The molecule has 0 radical (unpaired) electrons. The van der Waals surface area contributed by atoms with Crippen LogP contribution < -0.4 is 5.01 Å². The molecule has 0 saturated carbocycles. The standard InChI is InChI=1S/C15H18N2O5/c1-11(18)16(13-7-4-3-5-8-13)17(12(2)19)14(20)9-6-10-15(21)22/h3-5,7-8H,6,9-10H2,1-2H3,(H,21,22). The molecule has 0 fully saturated rings. The Kier molecular flexibility index (Phi) is 6.25. The van der Waals surface area contributed by atoms with Crippen molar-refractivity contribution < 1.29 is 24.3 Å². The van der Waals surface area contributed by atoms with E-state index < -0.39 is 23.7 Å². The van der Waals surface area contributed by atoms with Crippen LogP contribution >= 0.6 is 0 Å². The van der Waals surface area contributed by atoms with E-state index in [-0.39, 0.29) is 19.3 Å². The quantitative estimate of drug-likeness (QED) is 0.833. The molecule has 1 N–H and O–H groups in total. The molecular weight excluding hydrogens is 288 g/mol. The minimum absolute atomic E-state index is 0.0957. The fourth-order valence-corrected chi connectivity index (χ4v) is 1.93. The Morgan fingerprint density at radius 2 is 1.55 bits per heavy atom. The van der Waals surface area contributed by atoms with E-state index >= 15 is 0 Å². The van der Waals surface area contributed by atoms with Gasteiger partial charge in [-0.3, -0.25) is 19.2 Å². The third kappa shape index (κ3) is 4.69. The summed E-state index contributed by atoms with van der Waals surface area (Å²) in [5.41, 5.74) is 0.386. The smallest absolute Gasteiger partial charge is 0.303 e. The topological polar surface area (TPSA) is 95.0 Å². The Balaban J connectivity index is 3.00. The molecule has 0 aliphatic carbocycles. The third-order valence-corrected chi connectivity index (χ3v) is 2.81. The Morgan fingerprint density at radius 1 is 0.955 bits per heavy atom. The van der Waals surface area contributed by atoms with Gasteiger partial charge in [0.05, 0.1) is 5.69 Å². The van der Waals surface area contributed by atoms with Gasteiger partial charge in [0.25, 0.3) is 0 Å². The number of nitrogens with zero attached hydrogens (tertiary/aromatic N) is 2. The Morgan fingerprint density at radius 3 is 2.00 bits per heavy atom. The molecular formula is C15H18N2O5. The van der Waals surface area contributed by atoms with Gasteiger partial charge in [-0.05, 0) is 18.6 Å². The van der Waals surface area contributed by atoms with Gasteiger partial charge in [0.2, 0.25) is 17.7 Å². The lowest BCUT2D eigenvalue weighted by Crippen LogP contribution is -2.51. The summed E-state index contributed by atoms with van der Waals surface area (Å²) in [5, 5.41) is 10.3. The van der Waals surface area contributed by atoms with Crippen LogP contribution in [0.5, 0.6) is 0 Å². The summed E-state index contributed by atoms with van der Waals surface area (Å²) >= 11 is 0. The predicted molar refractivity (Wildman–Crippen MR) is 78.6 cm³/mol. The van der Waals surface area contributed by atoms with E-state index in [1.165, 1.54) is 13.8 Å². The summed E-state index contributed by atoms with van der Waals surface area (Å²) in [7, 11) is 0. The summed E-state index contributed by atoms with van der Waals surface area (Å²) in [6, 6.07) is 8.30. The maximum atomic E-state index is 12.2. The van der Waals surface area contributed by atoms with Gasteiger partial charge in [0, 0.05) is 26.7 Å². The van der Waals surface area contributed by atoms with E-state index in [0.29, 0.717) is 5.69 Å². The van der Waals surface area contributed by atoms with Gasteiger partial charge in [-0.25, -0.2) is 5.01 Å². The Bertz CT molecular complexity index is 571. The van der Waals surface area contributed by atoms with Crippen LogP contribution in [0, 0.1) is 0 Å². The van der Waals surface area contributed by atoms with Crippen LogP contribution in [0.25, 0.3) is 0 Å². The highest BCUT2D eigenvalue weighted by atomic mass is 16.4. The number of carbonyl (C=O) groups excluding carboxylic acids is 3. The molecule has 0 unspecified atom stereocenters. The number of carboxylic acid groups (broad SMARTS) is 1. The first-order chi connectivity index (χ1) is 10.3. The van der Waals surface area contributed by atoms with E-state index in [9.17, 15) is 19.2 Å². The van der Waals surface area contributed by atoms with Crippen molar-refractivity contribution in [1.29, 1.82) is 0 Å². The molecule has 0 saturated heterocycles. The summed E-state index contributed by atoms with van der Waals surface area (Å²) in [6.45, 7) is 2.42. The molecule has 7 nitrogen and oxygen atoms in total. The van der Waals surface area contributed by atoms with Crippen molar-refractivity contribution in [3.05, 3.63) is 30.3 Å². The molecule has 3 amide bonds. The number of anilines is 1. The van der Waals surface area contributed by atoms with Crippen LogP contribution in [0.4, 0.5) is 5.69 Å². The number of carboxylic acids is 1. The predicted octanol–water partition coefficient (Wildman–Crippen LogP) is 1.58. The number of hydrazine groups is 1. The normalized spacial score (nSPS) is 9.91. The Hall–Kier alpha value is -2.70. The van der Waals surface area contributed by atoms with Gasteiger partial charge in [0.15, 0.2) is 0 Å².